The monoisotopic (exact) mass is 249 g/mol. The molecule has 3 saturated heterocycles. The quantitative estimate of drug-likeness (QED) is 0.760. The SMILES string of the molecule is Cl.Cl.c1cnn(C2CN3CCC2CC3)c1. The van der Waals surface area contributed by atoms with Gasteiger partial charge in [0.05, 0.1) is 6.04 Å². The van der Waals surface area contributed by atoms with E-state index in [0.717, 1.165) is 5.92 Å². The summed E-state index contributed by atoms with van der Waals surface area (Å²) in [5.74, 6) is 0.880. The Kier molecular flexibility index (Phi) is 4.44. The molecule has 0 saturated carbocycles. The first-order valence-electron chi connectivity index (χ1n) is 5.15. The first kappa shape index (κ1) is 12.8. The maximum Gasteiger partial charge on any atom is 0.0675 e. The number of hydrogen-bond donors (Lipinski definition) is 0. The zero-order valence-corrected chi connectivity index (χ0v) is 10.2. The molecule has 0 aromatic carbocycles. The highest BCUT2D eigenvalue weighted by molar-refractivity contribution is 5.85. The van der Waals surface area contributed by atoms with Crippen LogP contribution in [0.15, 0.2) is 18.5 Å². The minimum atomic E-state index is 0. The molecule has 0 amide bonds. The third-order valence-corrected chi connectivity index (χ3v) is 3.49. The van der Waals surface area contributed by atoms with Gasteiger partial charge in [0.1, 0.15) is 0 Å². The van der Waals surface area contributed by atoms with Crippen LogP contribution < -0.4 is 0 Å². The van der Waals surface area contributed by atoms with Gasteiger partial charge in [-0.1, -0.05) is 0 Å². The van der Waals surface area contributed by atoms with E-state index in [0.29, 0.717) is 6.04 Å². The lowest BCUT2D eigenvalue weighted by molar-refractivity contribution is 0.0512. The van der Waals surface area contributed by atoms with E-state index in [9.17, 15) is 0 Å². The summed E-state index contributed by atoms with van der Waals surface area (Å²) in [5, 5.41) is 4.35. The van der Waals surface area contributed by atoms with Gasteiger partial charge in [-0.3, -0.25) is 4.68 Å². The molecular formula is C10H17Cl2N3. The Bertz CT molecular complexity index is 281. The standard InChI is InChI=1S/C10H15N3.2ClH/c1-4-11-13(5-1)10-8-12-6-2-9(10)3-7-12;;/h1,4-5,9-10H,2-3,6-8H2;2*1H. The zero-order valence-electron chi connectivity index (χ0n) is 8.58. The summed E-state index contributed by atoms with van der Waals surface area (Å²) in [7, 11) is 0. The third kappa shape index (κ3) is 2.30. The molecule has 1 unspecified atom stereocenters. The van der Waals surface area contributed by atoms with E-state index in [-0.39, 0.29) is 24.8 Å². The third-order valence-electron chi connectivity index (χ3n) is 3.49. The topological polar surface area (TPSA) is 21.1 Å². The Hall–Kier alpha value is -0.250. The highest BCUT2D eigenvalue weighted by atomic mass is 35.5. The van der Waals surface area contributed by atoms with E-state index in [4.69, 9.17) is 0 Å². The highest BCUT2D eigenvalue weighted by Crippen LogP contribution is 2.34. The van der Waals surface area contributed by atoms with Crippen LogP contribution in [0.25, 0.3) is 0 Å². The Morgan fingerprint density at radius 1 is 1.13 bits per heavy atom. The molecule has 1 atom stereocenters. The van der Waals surface area contributed by atoms with Crippen molar-refractivity contribution in [3.05, 3.63) is 18.5 Å². The molecule has 5 heteroatoms. The molecule has 3 fully saturated rings. The second-order valence-electron chi connectivity index (χ2n) is 4.19. The predicted octanol–water partition coefficient (Wildman–Crippen LogP) is 1.99. The van der Waals surface area contributed by atoms with Crippen molar-refractivity contribution in [1.82, 2.24) is 14.7 Å². The largest absolute Gasteiger partial charge is 0.301 e. The molecule has 0 radical (unpaired) electrons. The van der Waals surface area contributed by atoms with Gasteiger partial charge in [0, 0.05) is 18.9 Å². The van der Waals surface area contributed by atoms with Gasteiger partial charge < -0.3 is 4.90 Å². The number of rotatable bonds is 1. The van der Waals surface area contributed by atoms with Gasteiger partial charge in [-0.15, -0.1) is 24.8 Å². The first-order valence-corrected chi connectivity index (χ1v) is 5.15. The van der Waals surface area contributed by atoms with Crippen LogP contribution in [-0.2, 0) is 0 Å². The Balaban J connectivity index is 0.000000562. The summed E-state index contributed by atoms with van der Waals surface area (Å²) in [4.78, 5) is 2.56. The Morgan fingerprint density at radius 3 is 2.33 bits per heavy atom. The van der Waals surface area contributed by atoms with Gasteiger partial charge in [-0.2, -0.15) is 5.10 Å². The van der Waals surface area contributed by atoms with Crippen molar-refractivity contribution in [2.75, 3.05) is 19.6 Å². The fourth-order valence-corrected chi connectivity index (χ4v) is 2.71. The van der Waals surface area contributed by atoms with E-state index in [2.05, 4.69) is 20.9 Å². The molecule has 3 aliphatic heterocycles. The van der Waals surface area contributed by atoms with E-state index in [1.54, 1.807) is 0 Å². The zero-order chi connectivity index (χ0) is 8.67. The van der Waals surface area contributed by atoms with Crippen molar-refractivity contribution in [3.63, 3.8) is 0 Å². The van der Waals surface area contributed by atoms with Crippen LogP contribution in [0.5, 0.6) is 0 Å². The summed E-state index contributed by atoms with van der Waals surface area (Å²) in [6.07, 6.45) is 6.72. The predicted molar refractivity (Wildman–Crippen MR) is 64.9 cm³/mol. The van der Waals surface area contributed by atoms with Gasteiger partial charge in [-0.05, 0) is 37.9 Å². The highest BCUT2D eigenvalue weighted by Gasteiger charge is 2.35. The van der Waals surface area contributed by atoms with Gasteiger partial charge >= 0.3 is 0 Å². The van der Waals surface area contributed by atoms with E-state index in [1.807, 2.05) is 12.3 Å². The minimum Gasteiger partial charge on any atom is -0.301 e. The maximum atomic E-state index is 4.35. The smallest absolute Gasteiger partial charge is 0.0675 e. The van der Waals surface area contributed by atoms with Gasteiger partial charge in [0.2, 0.25) is 0 Å². The number of nitrogens with zero attached hydrogens (tertiary/aromatic N) is 3. The van der Waals surface area contributed by atoms with Crippen LogP contribution in [-0.4, -0.2) is 34.3 Å². The van der Waals surface area contributed by atoms with Crippen LogP contribution in [0.4, 0.5) is 0 Å². The van der Waals surface area contributed by atoms with Crippen LogP contribution in [0.3, 0.4) is 0 Å². The van der Waals surface area contributed by atoms with Crippen LogP contribution in [0.2, 0.25) is 0 Å². The summed E-state index contributed by atoms with van der Waals surface area (Å²) < 4.78 is 2.15. The molecule has 4 heterocycles. The summed E-state index contributed by atoms with van der Waals surface area (Å²) in [5.41, 5.74) is 0. The number of hydrogen-bond acceptors (Lipinski definition) is 2. The molecule has 4 rings (SSSR count). The average molecular weight is 250 g/mol. The molecule has 1 aromatic heterocycles. The number of fused-ring (bicyclic) bond motifs is 3. The molecule has 2 bridgehead atoms. The van der Waals surface area contributed by atoms with Crippen molar-refractivity contribution in [1.29, 1.82) is 0 Å². The van der Waals surface area contributed by atoms with E-state index in [1.165, 1.54) is 32.5 Å². The van der Waals surface area contributed by atoms with Gasteiger partial charge in [0.15, 0.2) is 0 Å². The number of aromatic nitrogens is 2. The van der Waals surface area contributed by atoms with Crippen molar-refractivity contribution in [2.45, 2.75) is 18.9 Å². The van der Waals surface area contributed by atoms with Crippen LogP contribution >= 0.6 is 24.8 Å². The van der Waals surface area contributed by atoms with Gasteiger partial charge in [0.25, 0.3) is 0 Å². The molecule has 86 valence electrons. The minimum absolute atomic E-state index is 0. The molecule has 15 heavy (non-hydrogen) atoms. The molecule has 3 aliphatic rings. The molecule has 0 N–H and O–H groups in total. The summed E-state index contributed by atoms with van der Waals surface area (Å²) in [6.45, 7) is 3.83. The molecular weight excluding hydrogens is 233 g/mol. The normalized spacial score (nSPS) is 32.9. The molecule has 1 aromatic rings. The maximum absolute atomic E-state index is 4.35. The average Bonchev–Trinajstić information content (AvgIpc) is 2.72. The number of halogens is 2. The summed E-state index contributed by atoms with van der Waals surface area (Å²) in [6, 6.07) is 2.68. The van der Waals surface area contributed by atoms with Crippen molar-refractivity contribution < 1.29 is 0 Å². The fraction of sp³-hybridized carbons (Fsp3) is 0.700. The van der Waals surface area contributed by atoms with Crippen LogP contribution in [0.1, 0.15) is 18.9 Å². The molecule has 3 nitrogen and oxygen atoms in total. The second kappa shape index (κ2) is 5.19. The Morgan fingerprint density at radius 2 is 1.87 bits per heavy atom. The first-order chi connectivity index (χ1) is 6.43. The van der Waals surface area contributed by atoms with Crippen LogP contribution in [0, 0.1) is 5.92 Å². The second-order valence-corrected chi connectivity index (χ2v) is 4.19. The van der Waals surface area contributed by atoms with Gasteiger partial charge in [-0.25, -0.2) is 0 Å². The Labute approximate surface area is 103 Å². The van der Waals surface area contributed by atoms with E-state index >= 15 is 0 Å². The fourth-order valence-electron chi connectivity index (χ4n) is 2.71. The lowest BCUT2D eigenvalue weighted by Gasteiger charge is -2.44. The number of piperidine rings is 3. The van der Waals surface area contributed by atoms with Crippen molar-refractivity contribution >= 4 is 24.8 Å². The lowest BCUT2D eigenvalue weighted by Crippen LogP contribution is -2.48. The lowest BCUT2D eigenvalue weighted by atomic mass is 9.84. The van der Waals surface area contributed by atoms with Crippen molar-refractivity contribution in [2.24, 2.45) is 5.92 Å². The molecule has 0 aliphatic carbocycles. The van der Waals surface area contributed by atoms with Crippen molar-refractivity contribution in [3.8, 4) is 0 Å². The molecule has 0 spiro atoms. The van der Waals surface area contributed by atoms with E-state index < -0.39 is 0 Å². The summed E-state index contributed by atoms with van der Waals surface area (Å²) >= 11 is 0.